The first-order valence-corrected chi connectivity index (χ1v) is 16.5. The van der Waals surface area contributed by atoms with Crippen LogP contribution in [0, 0.1) is 0 Å². The van der Waals surface area contributed by atoms with Crippen LogP contribution >= 0.6 is 82.3 Å². The van der Waals surface area contributed by atoms with Gasteiger partial charge in [-0.15, -0.1) is 23.5 Å². The Bertz CT molecular complexity index is 370. The van der Waals surface area contributed by atoms with Crippen molar-refractivity contribution < 1.29 is 4.74 Å². The van der Waals surface area contributed by atoms with E-state index in [1.807, 2.05) is 0 Å². The second kappa shape index (κ2) is 12.2. The summed E-state index contributed by atoms with van der Waals surface area (Å²) in [6.07, 6.45) is 0.562. The van der Waals surface area contributed by atoms with Gasteiger partial charge in [0.05, 0.1) is 12.7 Å². The summed E-state index contributed by atoms with van der Waals surface area (Å²) in [5.41, 5.74) is 0. The van der Waals surface area contributed by atoms with Crippen molar-refractivity contribution >= 4 is 82.3 Å². The average Bonchev–Trinajstić information content (AvgIpc) is 3.51. The van der Waals surface area contributed by atoms with Crippen molar-refractivity contribution in [2.75, 3.05) is 52.6 Å². The Kier molecular flexibility index (Phi) is 10.8. The van der Waals surface area contributed by atoms with Crippen molar-refractivity contribution in [3.8, 4) is 0 Å². The summed E-state index contributed by atoms with van der Waals surface area (Å²) in [7, 11) is 0. The Morgan fingerprint density at radius 3 is 2.08 bits per heavy atom. The molecule has 3 heterocycles. The molecular formula is C17H30OS7. The zero-order valence-electron chi connectivity index (χ0n) is 15.1. The van der Waals surface area contributed by atoms with Gasteiger partial charge in [-0.2, -0.15) is 58.8 Å². The number of hydrogen-bond donors (Lipinski definition) is 0. The number of epoxide rings is 1. The minimum Gasteiger partial charge on any atom is -0.372 e. The molecule has 8 heteroatoms. The number of rotatable bonds is 13. The van der Waals surface area contributed by atoms with Gasteiger partial charge in [0.15, 0.2) is 0 Å². The first kappa shape index (κ1) is 22.1. The molecule has 0 N–H and O–H groups in total. The maximum Gasteiger partial charge on any atom is 0.0900 e. The molecule has 3 aliphatic heterocycles. The van der Waals surface area contributed by atoms with Crippen LogP contribution in [-0.4, -0.2) is 84.3 Å². The molecule has 0 spiro atoms. The van der Waals surface area contributed by atoms with E-state index in [4.69, 9.17) is 4.74 Å². The van der Waals surface area contributed by atoms with Crippen LogP contribution in [-0.2, 0) is 4.74 Å². The lowest BCUT2D eigenvalue weighted by Gasteiger charge is -2.32. The van der Waals surface area contributed by atoms with Crippen molar-refractivity contribution in [2.24, 2.45) is 0 Å². The van der Waals surface area contributed by atoms with Gasteiger partial charge in [-0.3, -0.25) is 0 Å². The van der Waals surface area contributed by atoms with E-state index < -0.39 is 0 Å². The third-order valence-electron chi connectivity index (χ3n) is 4.22. The Morgan fingerprint density at radius 2 is 1.56 bits per heavy atom. The van der Waals surface area contributed by atoms with Crippen LogP contribution in [0.4, 0.5) is 0 Å². The molecule has 0 aromatic carbocycles. The van der Waals surface area contributed by atoms with E-state index in [1.54, 1.807) is 0 Å². The Morgan fingerprint density at radius 1 is 0.920 bits per heavy atom. The van der Waals surface area contributed by atoms with Gasteiger partial charge in [-0.1, -0.05) is 6.92 Å². The first-order chi connectivity index (χ1) is 12.2. The van der Waals surface area contributed by atoms with Crippen LogP contribution < -0.4 is 0 Å². The highest BCUT2D eigenvalue weighted by Gasteiger charge is 2.29. The van der Waals surface area contributed by atoms with Crippen LogP contribution in [0.2, 0.25) is 0 Å². The molecular weight excluding hydrogens is 445 g/mol. The largest absolute Gasteiger partial charge is 0.372 e. The van der Waals surface area contributed by atoms with Gasteiger partial charge in [0.1, 0.15) is 0 Å². The normalized spacial score (nSPS) is 33.8. The van der Waals surface area contributed by atoms with Gasteiger partial charge >= 0.3 is 0 Å². The van der Waals surface area contributed by atoms with Crippen molar-refractivity contribution in [1.82, 2.24) is 0 Å². The van der Waals surface area contributed by atoms with Crippen LogP contribution in [0.15, 0.2) is 0 Å². The zero-order chi connectivity index (χ0) is 17.5. The molecule has 0 amide bonds. The standard InChI is InChI=1S/C17H30OS7/c1-12(25-13(2)21-6-14-5-18-14)17-11-23-16(10-24-17)8-20-4-3-19-7-15-9-22-15/h12-17H,3-11H2,1-2H3. The van der Waals surface area contributed by atoms with Gasteiger partial charge in [0.2, 0.25) is 0 Å². The van der Waals surface area contributed by atoms with Gasteiger partial charge in [-0.25, -0.2) is 0 Å². The predicted octanol–water partition coefficient (Wildman–Crippen LogP) is 5.39. The summed E-state index contributed by atoms with van der Waals surface area (Å²) in [6.45, 7) is 5.80. The summed E-state index contributed by atoms with van der Waals surface area (Å²) in [4.78, 5) is 0. The summed E-state index contributed by atoms with van der Waals surface area (Å²) in [5, 5.41) is 3.49. The molecule has 0 radical (unpaired) electrons. The highest BCUT2D eigenvalue weighted by Crippen LogP contribution is 2.40. The number of hydrogen-bond acceptors (Lipinski definition) is 8. The number of thioether (sulfide) groups is 7. The topological polar surface area (TPSA) is 12.5 Å². The fraction of sp³-hybridized carbons (Fsp3) is 1.00. The second-order valence-corrected chi connectivity index (χ2v) is 16.3. The predicted molar refractivity (Wildman–Crippen MR) is 132 cm³/mol. The molecule has 0 aromatic rings. The smallest absolute Gasteiger partial charge is 0.0900 e. The van der Waals surface area contributed by atoms with E-state index >= 15 is 0 Å². The highest BCUT2D eigenvalue weighted by molar-refractivity contribution is 8.17. The van der Waals surface area contributed by atoms with E-state index in [9.17, 15) is 0 Å². The molecule has 6 unspecified atom stereocenters. The second-order valence-electron chi connectivity index (χ2n) is 6.63. The Hall–Kier alpha value is 2.41. The van der Waals surface area contributed by atoms with E-state index in [1.165, 1.54) is 46.0 Å². The lowest BCUT2D eigenvalue weighted by atomic mass is 10.3. The minimum absolute atomic E-state index is 0.562. The van der Waals surface area contributed by atoms with Crippen LogP contribution in [0.3, 0.4) is 0 Å². The lowest BCUT2D eigenvalue weighted by Crippen LogP contribution is -2.30. The molecule has 0 saturated carbocycles. The molecule has 3 fully saturated rings. The molecule has 3 aliphatic rings. The molecule has 0 aromatic heterocycles. The first-order valence-electron chi connectivity index (χ1n) is 9.09. The lowest BCUT2D eigenvalue weighted by molar-refractivity contribution is 0.426. The van der Waals surface area contributed by atoms with E-state index in [0.29, 0.717) is 10.7 Å². The van der Waals surface area contributed by atoms with E-state index in [-0.39, 0.29) is 0 Å². The molecule has 3 saturated heterocycles. The number of ether oxygens (including phenoxy) is 1. The summed E-state index contributed by atoms with van der Waals surface area (Å²) >= 11 is 15.2. The molecule has 146 valence electrons. The zero-order valence-corrected chi connectivity index (χ0v) is 20.8. The molecule has 6 atom stereocenters. The maximum absolute atomic E-state index is 5.32. The van der Waals surface area contributed by atoms with Gasteiger partial charge in [-0.05, 0) is 6.92 Å². The van der Waals surface area contributed by atoms with E-state index in [2.05, 4.69) is 96.2 Å². The SMILES string of the molecule is CC(SCC1CO1)SC(C)C1CSC(CSCCSCC2CS2)CS1. The average molecular weight is 475 g/mol. The van der Waals surface area contributed by atoms with Crippen molar-refractivity contribution in [3.05, 3.63) is 0 Å². The third kappa shape index (κ3) is 9.64. The quantitative estimate of drug-likeness (QED) is 0.198. The highest BCUT2D eigenvalue weighted by atomic mass is 32.2. The molecule has 1 nitrogen and oxygen atoms in total. The van der Waals surface area contributed by atoms with Crippen molar-refractivity contribution in [2.45, 2.75) is 45.5 Å². The fourth-order valence-electron chi connectivity index (χ4n) is 2.47. The maximum atomic E-state index is 5.32. The van der Waals surface area contributed by atoms with Gasteiger partial charge < -0.3 is 4.74 Å². The molecule has 25 heavy (non-hydrogen) atoms. The van der Waals surface area contributed by atoms with Gasteiger partial charge in [0.25, 0.3) is 0 Å². The van der Waals surface area contributed by atoms with E-state index in [0.717, 1.165) is 27.6 Å². The van der Waals surface area contributed by atoms with Crippen molar-refractivity contribution in [3.63, 3.8) is 0 Å². The summed E-state index contributed by atoms with van der Waals surface area (Å²) in [5.74, 6) is 10.8. The fourth-order valence-corrected chi connectivity index (χ4v) is 12.4. The van der Waals surface area contributed by atoms with Gasteiger partial charge in [0, 0.05) is 71.6 Å². The minimum atomic E-state index is 0.562. The van der Waals surface area contributed by atoms with Crippen molar-refractivity contribution in [1.29, 1.82) is 0 Å². The summed E-state index contributed by atoms with van der Waals surface area (Å²) in [6, 6.07) is 0. The van der Waals surface area contributed by atoms with Crippen LogP contribution in [0.5, 0.6) is 0 Å². The molecule has 0 bridgehead atoms. The molecule has 0 aliphatic carbocycles. The summed E-state index contributed by atoms with van der Waals surface area (Å²) < 4.78 is 6.02. The Labute approximate surface area is 184 Å². The van der Waals surface area contributed by atoms with Crippen LogP contribution in [0.25, 0.3) is 0 Å². The Balaban J connectivity index is 1.18. The monoisotopic (exact) mass is 474 g/mol. The third-order valence-corrected chi connectivity index (χ3v) is 14.6. The molecule has 3 rings (SSSR count). The van der Waals surface area contributed by atoms with Crippen LogP contribution in [0.1, 0.15) is 13.8 Å².